The number of carbonyl (C=O) groups is 2. The van der Waals surface area contributed by atoms with Gasteiger partial charge in [-0.15, -0.1) is 0 Å². The van der Waals surface area contributed by atoms with E-state index in [1.807, 2.05) is 30.3 Å². The normalized spacial score (nSPS) is 12.8. The third-order valence-electron chi connectivity index (χ3n) is 4.29. The van der Waals surface area contributed by atoms with E-state index in [-0.39, 0.29) is 17.8 Å². The summed E-state index contributed by atoms with van der Waals surface area (Å²) in [6.45, 7) is 10.1. The maximum Gasteiger partial charge on any atom is 0.408 e. The standard InChI is InChI=1S/C18H27NO3/c1-13(2)18(4,5)11-16(14(3)20)19-17(21)22-12-15-9-7-6-8-10-15/h6-10,13,16H,11-12H2,1-5H3,(H,19,21). The van der Waals surface area contributed by atoms with E-state index < -0.39 is 12.1 Å². The van der Waals surface area contributed by atoms with Crippen molar-refractivity contribution in [3.63, 3.8) is 0 Å². The summed E-state index contributed by atoms with van der Waals surface area (Å²) in [7, 11) is 0. The molecule has 1 N–H and O–H groups in total. The first-order chi connectivity index (χ1) is 10.2. The van der Waals surface area contributed by atoms with E-state index in [0.29, 0.717) is 12.3 Å². The lowest BCUT2D eigenvalue weighted by atomic mass is 9.75. The Labute approximate surface area is 133 Å². The topological polar surface area (TPSA) is 55.4 Å². The molecule has 0 radical (unpaired) electrons. The smallest absolute Gasteiger partial charge is 0.408 e. The SMILES string of the molecule is CC(=O)C(CC(C)(C)C(C)C)NC(=O)OCc1ccccc1. The highest BCUT2D eigenvalue weighted by molar-refractivity contribution is 5.85. The monoisotopic (exact) mass is 305 g/mol. The molecule has 1 aromatic carbocycles. The molecular formula is C18H27NO3. The first-order valence-electron chi connectivity index (χ1n) is 7.70. The van der Waals surface area contributed by atoms with Crippen molar-refractivity contribution in [2.75, 3.05) is 0 Å². The Morgan fingerprint density at radius 2 is 1.77 bits per heavy atom. The summed E-state index contributed by atoms with van der Waals surface area (Å²) in [5, 5.41) is 2.69. The van der Waals surface area contributed by atoms with E-state index in [1.165, 1.54) is 6.92 Å². The van der Waals surface area contributed by atoms with Crippen molar-refractivity contribution in [3.8, 4) is 0 Å². The number of carbonyl (C=O) groups excluding carboxylic acids is 2. The van der Waals surface area contributed by atoms with Crippen LogP contribution in [0, 0.1) is 11.3 Å². The molecule has 22 heavy (non-hydrogen) atoms. The third-order valence-corrected chi connectivity index (χ3v) is 4.29. The molecule has 4 nitrogen and oxygen atoms in total. The number of alkyl carbamates (subject to hydrolysis) is 1. The molecule has 0 aromatic heterocycles. The van der Waals surface area contributed by atoms with Gasteiger partial charge < -0.3 is 10.1 Å². The number of ether oxygens (including phenoxy) is 1. The second kappa shape index (κ2) is 7.97. The Morgan fingerprint density at radius 1 is 1.18 bits per heavy atom. The van der Waals surface area contributed by atoms with Crippen LogP contribution in [0.2, 0.25) is 0 Å². The molecule has 4 heteroatoms. The molecule has 0 spiro atoms. The average molecular weight is 305 g/mol. The van der Waals surface area contributed by atoms with E-state index in [4.69, 9.17) is 4.74 Å². The molecule has 0 saturated heterocycles. The van der Waals surface area contributed by atoms with Crippen molar-refractivity contribution in [1.82, 2.24) is 5.32 Å². The number of nitrogens with one attached hydrogen (secondary N) is 1. The van der Waals surface area contributed by atoms with Gasteiger partial charge in [0.15, 0.2) is 5.78 Å². The van der Waals surface area contributed by atoms with Gasteiger partial charge in [0, 0.05) is 0 Å². The van der Waals surface area contributed by atoms with Crippen LogP contribution in [0.1, 0.15) is 46.6 Å². The molecule has 0 aliphatic rings. The Hall–Kier alpha value is -1.84. The number of hydrogen-bond acceptors (Lipinski definition) is 3. The zero-order valence-electron chi connectivity index (χ0n) is 14.2. The summed E-state index contributed by atoms with van der Waals surface area (Å²) in [6, 6.07) is 8.94. The predicted octanol–water partition coefficient (Wildman–Crippen LogP) is 3.94. The third kappa shape index (κ3) is 5.88. The molecule has 1 unspecified atom stereocenters. The van der Waals surface area contributed by atoms with Gasteiger partial charge in [0.25, 0.3) is 0 Å². The van der Waals surface area contributed by atoms with Crippen molar-refractivity contribution in [1.29, 1.82) is 0 Å². The van der Waals surface area contributed by atoms with Gasteiger partial charge in [-0.25, -0.2) is 4.79 Å². The maximum absolute atomic E-state index is 11.9. The lowest BCUT2D eigenvalue weighted by Crippen LogP contribution is -2.43. The molecule has 1 rings (SSSR count). The maximum atomic E-state index is 11.9. The van der Waals surface area contributed by atoms with Gasteiger partial charge in [0.2, 0.25) is 0 Å². The van der Waals surface area contributed by atoms with Crippen molar-refractivity contribution in [2.45, 2.75) is 53.7 Å². The van der Waals surface area contributed by atoms with E-state index >= 15 is 0 Å². The molecule has 122 valence electrons. The number of Topliss-reactive ketones (excluding diaryl/α,β-unsaturated/α-hetero) is 1. The molecular weight excluding hydrogens is 278 g/mol. The minimum Gasteiger partial charge on any atom is -0.445 e. The van der Waals surface area contributed by atoms with E-state index in [2.05, 4.69) is 33.0 Å². The second-order valence-electron chi connectivity index (χ2n) is 6.72. The molecule has 1 atom stereocenters. The first kappa shape index (κ1) is 18.2. The second-order valence-corrected chi connectivity index (χ2v) is 6.72. The van der Waals surface area contributed by atoms with Gasteiger partial charge in [-0.2, -0.15) is 0 Å². The van der Waals surface area contributed by atoms with Crippen LogP contribution >= 0.6 is 0 Å². The van der Waals surface area contributed by atoms with Crippen LogP contribution in [0.25, 0.3) is 0 Å². The summed E-state index contributed by atoms with van der Waals surface area (Å²) in [4.78, 5) is 23.7. The van der Waals surface area contributed by atoms with Gasteiger partial charge in [0.1, 0.15) is 6.61 Å². The van der Waals surface area contributed by atoms with E-state index in [1.54, 1.807) is 0 Å². The summed E-state index contributed by atoms with van der Waals surface area (Å²) in [5.74, 6) is 0.363. The molecule has 0 bridgehead atoms. The highest BCUT2D eigenvalue weighted by Crippen LogP contribution is 2.31. The number of benzene rings is 1. The molecule has 0 aliphatic carbocycles. The minimum atomic E-state index is -0.552. The molecule has 0 heterocycles. The quantitative estimate of drug-likeness (QED) is 0.830. The van der Waals surface area contributed by atoms with Gasteiger partial charge in [0.05, 0.1) is 6.04 Å². The summed E-state index contributed by atoms with van der Waals surface area (Å²) in [6.07, 6.45) is 0.0454. The van der Waals surface area contributed by atoms with Crippen molar-refractivity contribution in [3.05, 3.63) is 35.9 Å². The Bertz CT molecular complexity index is 494. The average Bonchev–Trinajstić information content (AvgIpc) is 2.45. The summed E-state index contributed by atoms with van der Waals surface area (Å²) in [5.41, 5.74) is 0.878. The van der Waals surface area contributed by atoms with Crippen LogP contribution in [0.4, 0.5) is 4.79 Å². The molecule has 0 aliphatic heterocycles. The van der Waals surface area contributed by atoms with Gasteiger partial charge in [-0.3, -0.25) is 4.79 Å². The van der Waals surface area contributed by atoms with Gasteiger partial charge >= 0.3 is 6.09 Å². The van der Waals surface area contributed by atoms with Crippen LogP contribution in [0.15, 0.2) is 30.3 Å². The van der Waals surface area contributed by atoms with Crippen LogP contribution in [0.5, 0.6) is 0 Å². The fourth-order valence-electron chi connectivity index (χ4n) is 1.97. The van der Waals surface area contributed by atoms with Crippen LogP contribution in [0.3, 0.4) is 0 Å². The minimum absolute atomic E-state index is 0.0386. The summed E-state index contributed by atoms with van der Waals surface area (Å²) >= 11 is 0. The van der Waals surface area contributed by atoms with Crippen molar-refractivity contribution in [2.24, 2.45) is 11.3 Å². The number of hydrogen-bond donors (Lipinski definition) is 1. The fraction of sp³-hybridized carbons (Fsp3) is 0.556. The van der Waals surface area contributed by atoms with Gasteiger partial charge in [-0.05, 0) is 30.2 Å². The van der Waals surface area contributed by atoms with Crippen LogP contribution in [-0.2, 0) is 16.1 Å². The lowest BCUT2D eigenvalue weighted by Gasteiger charge is -2.32. The Kier molecular flexibility index (Phi) is 6.60. The molecule has 0 fully saturated rings. The number of rotatable bonds is 7. The number of amides is 1. The molecule has 1 amide bonds. The zero-order valence-corrected chi connectivity index (χ0v) is 14.2. The van der Waals surface area contributed by atoms with Crippen LogP contribution in [-0.4, -0.2) is 17.9 Å². The fourth-order valence-corrected chi connectivity index (χ4v) is 1.97. The number of ketones is 1. The lowest BCUT2D eigenvalue weighted by molar-refractivity contribution is -0.119. The first-order valence-corrected chi connectivity index (χ1v) is 7.70. The zero-order chi connectivity index (χ0) is 16.8. The summed E-state index contributed by atoms with van der Waals surface area (Å²) < 4.78 is 5.18. The highest BCUT2D eigenvalue weighted by atomic mass is 16.5. The molecule has 0 saturated carbocycles. The molecule has 1 aromatic rings. The Morgan fingerprint density at radius 3 is 2.27 bits per heavy atom. The Balaban J connectivity index is 2.56. The largest absolute Gasteiger partial charge is 0.445 e. The highest BCUT2D eigenvalue weighted by Gasteiger charge is 2.30. The van der Waals surface area contributed by atoms with Gasteiger partial charge in [-0.1, -0.05) is 58.0 Å². The van der Waals surface area contributed by atoms with E-state index in [0.717, 1.165) is 5.56 Å². The van der Waals surface area contributed by atoms with Crippen LogP contribution < -0.4 is 5.32 Å². The van der Waals surface area contributed by atoms with E-state index in [9.17, 15) is 9.59 Å². The van der Waals surface area contributed by atoms with Crippen molar-refractivity contribution < 1.29 is 14.3 Å². The predicted molar refractivity (Wildman–Crippen MR) is 87.5 cm³/mol. The van der Waals surface area contributed by atoms with Crippen molar-refractivity contribution >= 4 is 11.9 Å².